The molecule has 2 heterocycles. The molecule has 7 nitrogen and oxygen atoms in total. The number of carbonyl (C=O) groups is 1. The summed E-state index contributed by atoms with van der Waals surface area (Å²) in [6, 6.07) is 2.44. The topological polar surface area (TPSA) is 84.3 Å². The largest absolute Gasteiger partial charge is 0.322 e. The first-order valence-electron chi connectivity index (χ1n) is 8.88. The number of nitrogens with zero attached hydrogens (tertiary/aromatic N) is 3. The standard InChI is InChI=1S/C18H22F2N4O3S/c1-18(20,28(26,27)15-7-5-6-13(19)10-15)16-8-3-4-9-24(16)17(25)22-14-11-21-23(2)12-14/h5-7,10-12,16H,3-4,8-9H2,1-2H3,(H,22,25). The van der Waals surface area contributed by atoms with Gasteiger partial charge in [-0.1, -0.05) is 6.07 Å². The van der Waals surface area contributed by atoms with Gasteiger partial charge in [-0.3, -0.25) is 4.68 Å². The number of aromatic nitrogens is 2. The second-order valence-electron chi connectivity index (χ2n) is 6.98. The Balaban J connectivity index is 1.90. The number of carbonyl (C=O) groups excluding carboxylic acids is 1. The Hall–Kier alpha value is -2.49. The second kappa shape index (κ2) is 7.50. The fourth-order valence-electron chi connectivity index (χ4n) is 3.44. The van der Waals surface area contributed by atoms with Crippen molar-refractivity contribution in [3.05, 3.63) is 42.5 Å². The molecule has 0 spiro atoms. The molecule has 0 aliphatic carbocycles. The maximum Gasteiger partial charge on any atom is 0.322 e. The van der Waals surface area contributed by atoms with E-state index in [1.54, 1.807) is 13.2 Å². The number of urea groups is 1. The number of benzene rings is 1. The molecule has 1 fully saturated rings. The number of rotatable bonds is 4. The molecule has 1 N–H and O–H groups in total. The normalized spacial score (nSPS) is 19.9. The predicted octanol–water partition coefficient (Wildman–Crippen LogP) is 3.11. The smallest absolute Gasteiger partial charge is 0.317 e. The highest BCUT2D eigenvalue weighted by Gasteiger charge is 2.51. The van der Waals surface area contributed by atoms with E-state index in [0.717, 1.165) is 25.1 Å². The van der Waals surface area contributed by atoms with Crippen LogP contribution in [0.5, 0.6) is 0 Å². The van der Waals surface area contributed by atoms with Gasteiger partial charge >= 0.3 is 6.03 Å². The molecule has 10 heteroatoms. The summed E-state index contributed by atoms with van der Waals surface area (Å²) in [5.74, 6) is -0.772. The molecule has 0 radical (unpaired) electrons. The summed E-state index contributed by atoms with van der Waals surface area (Å²) in [7, 11) is -2.86. The van der Waals surface area contributed by atoms with Crippen molar-refractivity contribution in [1.82, 2.24) is 14.7 Å². The molecule has 1 aliphatic heterocycles. The van der Waals surface area contributed by atoms with Crippen LogP contribution in [0.25, 0.3) is 0 Å². The number of hydrogen-bond acceptors (Lipinski definition) is 4. The Morgan fingerprint density at radius 1 is 1.36 bits per heavy atom. The molecule has 1 saturated heterocycles. The molecule has 1 aliphatic rings. The number of alkyl halides is 1. The summed E-state index contributed by atoms with van der Waals surface area (Å²) in [6.45, 7) is 1.16. The Kier molecular flexibility index (Phi) is 5.42. The quantitative estimate of drug-likeness (QED) is 0.836. The van der Waals surface area contributed by atoms with Gasteiger partial charge in [0.05, 0.1) is 22.8 Å². The van der Waals surface area contributed by atoms with Crippen molar-refractivity contribution in [2.75, 3.05) is 11.9 Å². The number of nitrogens with one attached hydrogen (secondary N) is 1. The fourth-order valence-corrected chi connectivity index (χ4v) is 5.03. The zero-order valence-electron chi connectivity index (χ0n) is 15.6. The lowest BCUT2D eigenvalue weighted by molar-refractivity contribution is 0.0884. The van der Waals surface area contributed by atoms with Gasteiger partial charge < -0.3 is 10.2 Å². The van der Waals surface area contributed by atoms with Crippen LogP contribution in [0, 0.1) is 5.82 Å². The third kappa shape index (κ3) is 3.73. The first kappa shape index (κ1) is 20.2. The molecule has 2 unspecified atom stereocenters. The highest BCUT2D eigenvalue weighted by Crippen LogP contribution is 2.37. The Morgan fingerprint density at radius 2 is 2.11 bits per heavy atom. The van der Waals surface area contributed by atoms with Crippen LogP contribution in [0.4, 0.5) is 19.3 Å². The van der Waals surface area contributed by atoms with E-state index in [1.165, 1.54) is 21.8 Å². The average molecular weight is 412 g/mol. The van der Waals surface area contributed by atoms with Gasteiger partial charge in [-0.05, 0) is 44.4 Å². The summed E-state index contributed by atoms with van der Waals surface area (Å²) in [4.78, 5) is 13.5. The maximum atomic E-state index is 15.8. The van der Waals surface area contributed by atoms with E-state index in [4.69, 9.17) is 0 Å². The first-order chi connectivity index (χ1) is 13.1. The van der Waals surface area contributed by atoms with Crippen molar-refractivity contribution < 1.29 is 22.0 Å². The lowest BCUT2D eigenvalue weighted by Gasteiger charge is -2.41. The van der Waals surface area contributed by atoms with Gasteiger partial charge in [0, 0.05) is 19.8 Å². The number of hydrogen-bond donors (Lipinski definition) is 1. The van der Waals surface area contributed by atoms with Crippen molar-refractivity contribution >= 4 is 21.6 Å². The summed E-state index contributed by atoms with van der Waals surface area (Å²) in [6.07, 6.45) is 4.42. The number of sulfone groups is 1. The molecule has 2 amide bonds. The monoisotopic (exact) mass is 412 g/mol. The fraction of sp³-hybridized carbons (Fsp3) is 0.444. The van der Waals surface area contributed by atoms with E-state index < -0.39 is 37.6 Å². The zero-order chi connectivity index (χ0) is 20.5. The van der Waals surface area contributed by atoms with Gasteiger partial charge in [0.25, 0.3) is 0 Å². The van der Waals surface area contributed by atoms with Crippen LogP contribution in [0.1, 0.15) is 26.2 Å². The van der Waals surface area contributed by atoms with Crippen LogP contribution in [0.3, 0.4) is 0 Å². The minimum Gasteiger partial charge on any atom is -0.317 e. The van der Waals surface area contributed by atoms with Crippen LogP contribution in [-0.4, -0.2) is 46.7 Å². The van der Waals surface area contributed by atoms with Crippen molar-refractivity contribution in [2.45, 2.75) is 42.1 Å². The Labute approximate surface area is 162 Å². The molecule has 28 heavy (non-hydrogen) atoms. The number of aryl methyl sites for hydroxylation is 1. The van der Waals surface area contributed by atoms with Crippen molar-refractivity contribution in [1.29, 1.82) is 0 Å². The second-order valence-corrected chi connectivity index (χ2v) is 9.26. The van der Waals surface area contributed by atoms with Gasteiger partial charge in [-0.2, -0.15) is 5.10 Å². The van der Waals surface area contributed by atoms with Crippen LogP contribution in [0.15, 0.2) is 41.6 Å². The van der Waals surface area contributed by atoms with Crippen LogP contribution < -0.4 is 5.32 Å². The minimum absolute atomic E-state index is 0.183. The van der Waals surface area contributed by atoms with E-state index in [2.05, 4.69) is 10.4 Å². The predicted molar refractivity (Wildman–Crippen MR) is 99.7 cm³/mol. The van der Waals surface area contributed by atoms with E-state index in [-0.39, 0.29) is 13.0 Å². The molecule has 0 bridgehead atoms. The molecule has 1 aromatic carbocycles. The molecule has 0 saturated carbocycles. The molecular formula is C18H22F2N4O3S. The van der Waals surface area contributed by atoms with Crippen molar-refractivity contribution in [3.8, 4) is 0 Å². The molecule has 152 valence electrons. The van der Waals surface area contributed by atoms with Crippen LogP contribution in [0.2, 0.25) is 0 Å². The minimum atomic E-state index is -4.54. The first-order valence-corrected chi connectivity index (χ1v) is 10.4. The lowest BCUT2D eigenvalue weighted by Crippen LogP contribution is -2.57. The Bertz CT molecular complexity index is 975. The number of likely N-dealkylation sites (tertiary alicyclic amines) is 1. The molecule has 1 aromatic heterocycles. The summed E-state index contributed by atoms with van der Waals surface area (Å²) in [5.41, 5.74) is 0.422. The van der Waals surface area contributed by atoms with Gasteiger partial charge in [0.15, 0.2) is 0 Å². The van der Waals surface area contributed by atoms with Gasteiger partial charge in [0.2, 0.25) is 14.8 Å². The van der Waals surface area contributed by atoms with E-state index in [1.807, 2.05) is 0 Å². The summed E-state index contributed by atoms with van der Waals surface area (Å²) in [5, 5.41) is 3.78. The summed E-state index contributed by atoms with van der Waals surface area (Å²) < 4.78 is 56.6. The lowest BCUT2D eigenvalue weighted by atomic mass is 9.99. The van der Waals surface area contributed by atoms with E-state index >= 15 is 4.39 Å². The van der Waals surface area contributed by atoms with Gasteiger partial charge in [0.1, 0.15) is 5.82 Å². The van der Waals surface area contributed by atoms with Gasteiger partial charge in [-0.15, -0.1) is 0 Å². The third-order valence-corrected chi connectivity index (χ3v) is 7.14. The summed E-state index contributed by atoms with van der Waals surface area (Å²) >= 11 is 0. The van der Waals surface area contributed by atoms with Crippen molar-refractivity contribution in [2.24, 2.45) is 7.05 Å². The number of piperidine rings is 1. The maximum absolute atomic E-state index is 15.8. The van der Waals surface area contributed by atoms with Crippen LogP contribution >= 0.6 is 0 Å². The number of anilines is 1. The zero-order valence-corrected chi connectivity index (χ0v) is 16.4. The number of halogens is 2. The molecular weight excluding hydrogens is 390 g/mol. The molecule has 2 atom stereocenters. The third-order valence-electron chi connectivity index (χ3n) is 4.95. The van der Waals surface area contributed by atoms with E-state index in [9.17, 15) is 17.6 Å². The average Bonchev–Trinajstić information content (AvgIpc) is 3.06. The van der Waals surface area contributed by atoms with Crippen LogP contribution in [-0.2, 0) is 16.9 Å². The highest BCUT2D eigenvalue weighted by molar-refractivity contribution is 7.92. The molecule has 3 rings (SSSR count). The highest BCUT2D eigenvalue weighted by atomic mass is 32.2. The number of amides is 2. The van der Waals surface area contributed by atoms with Gasteiger partial charge in [-0.25, -0.2) is 22.0 Å². The Morgan fingerprint density at radius 3 is 2.75 bits per heavy atom. The van der Waals surface area contributed by atoms with Crippen molar-refractivity contribution in [3.63, 3.8) is 0 Å². The van der Waals surface area contributed by atoms with E-state index in [0.29, 0.717) is 18.5 Å². The SMILES string of the molecule is Cn1cc(NC(=O)N2CCCCC2C(C)(F)S(=O)(=O)c2cccc(F)c2)cn1. The molecule has 2 aromatic rings.